The quantitative estimate of drug-likeness (QED) is 0.919. The minimum absolute atomic E-state index is 0.0644. The van der Waals surface area contributed by atoms with Crippen LogP contribution in [0.1, 0.15) is 32.6 Å². The van der Waals surface area contributed by atoms with Crippen LogP contribution < -0.4 is 14.8 Å². The SMILES string of the molecule is CCOCC(=O)Nc1ccc2c(c1)OC1(CCCC1)O2. The molecule has 1 N–H and O–H groups in total. The number of benzene rings is 1. The molecule has 1 fully saturated rings. The summed E-state index contributed by atoms with van der Waals surface area (Å²) in [5.74, 6) is 0.841. The van der Waals surface area contributed by atoms with E-state index in [0.29, 0.717) is 18.0 Å². The molecule has 20 heavy (non-hydrogen) atoms. The van der Waals surface area contributed by atoms with Crippen LogP contribution in [-0.2, 0) is 9.53 Å². The van der Waals surface area contributed by atoms with E-state index in [4.69, 9.17) is 14.2 Å². The van der Waals surface area contributed by atoms with Crippen molar-refractivity contribution in [3.05, 3.63) is 18.2 Å². The Morgan fingerprint density at radius 2 is 2.05 bits per heavy atom. The van der Waals surface area contributed by atoms with E-state index in [1.54, 1.807) is 0 Å². The van der Waals surface area contributed by atoms with Crippen molar-refractivity contribution in [1.82, 2.24) is 0 Å². The molecular weight excluding hydrogens is 258 g/mol. The number of carbonyl (C=O) groups is 1. The maximum atomic E-state index is 11.6. The van der Waals surface area contributed by atoms with E-state index in [2.05, 4.69) is 5.32 Å². The zero-order valence-electron chi connectivity index (χ0n) is 11.6. The largest absolute Gasteiger partial charge is 0.448 e. The zero-order valence-corrected chi connectivity index (χ0v) is 11.6. The molecule has 1 spiro atoms. The average Bonchev–Trinajstić information content (AvgIpc) is 3.02. The maximum absolute atomic E-state index is 11.6. The van der Waals surface area contributed by atoms with E-state index in [9.17, 15) is 4.79 Å². The summed E-state index contributed by atoms with van der Waals surface area (Å²) in [6.45, 7) is 2.45. The predicted molar refractivity (Wildman–Crippen MR) is 74.0 cm³/mol. The van der Waals surface area contributed by atoms with Crippen LogP contribution in [0.4, 0.5) is 5.69 Å². The van der Waals surface area contributed by atoms with Crippen LogP contribution in [0.15, 0.2) is 18.2 Å². The van der Waals surface area contributed by atoms with Gasteiger partial charge in [0.2, 0.25) is 5.91 Å². The molecule has 1 aromatic carbocycles. The van der Waals surface area contributed by atoms with Gasteiger partial charge in [0.05, 0.1) is 0 Å². The number of rotatable bonds is 4. The average molecular weight is 277 g/mol. The van der Waals surface area contributed by atoms with Gasteiger partial charge in [0.15, 0.2) is 11.5 Å². The van der Waals surface area contributed by atoms with E-state index in [1.165, 1.54) is 0 Å². The van der Waals surface area contributed by atoms with E-state index < -0.39 is 5.79 Å². The molecule has 1 aromatic rings. The number of hydrogen-bond acceptors (Lipinski definition) is 4. The van der Waals surface area contributed by atoms with Crippen molar-refractivity contribution in [2.45, 2.75) is 38.4 Å². The van der Waals surface area contributed by atoms with Gasteiger partial charge in [-0.1, -0.05) is 0 Å². The first kappa shape index (κ1) is 13.2. The van der Waals surface area contributed by atoms with Crippen LogP contribution >= 0.6 is 0 Å². The summed E-state index contributed by atoms with van der Waals surface area (Å²) >= 11 is 0. The highest BCUT2D eigenvalue weighted by Gasteiger charge is 2.44. The Hall–Kier alpha value is -1.75. The van der Waals surface area contributed by atoms with E-state index in [0.717, 1.165) is 31.4 Å². The lowest BCUT2D eigenvalue weighted by Gasteiger charge is -2.21. The van der Waals surface area contributed by atoms with Crippen molar-refractivity contribution in [3.63, 3.8) is 0 Å². The number of ether oxygens (including phenoxy) is 3. The molecule has 2 aliphatic rings. The lowest BCUT2D eigenvalue weighted by molar-refractivity contribution is -0.120. The lowest BCUT2D eigenvalue weighted by Crippen LogP contribution is -2.34. The summed E-state index contributed by atoms with van der Waals surface area (Å²) < 4.78 is 16.9. The Labute approximate surface area is 118 Å². The topological polar surface area (TPSA) is 56.8 Å². The van der Waals surface area contributed by atoms with Gasteiger partial charge in [-0.2, -0.15) is 0 Å². The van der Waals surface area contributed by atoms with E-state index in [1.807, 2.05) is 25.1 Å². The monoisotopic (exact) mass is 277 g/mol. The molecule has 1 aliphatic heterocycles. The van der Waals surface area contributed by atoms with E-state index >= 15 is 0 Å². The highest BCUT2D eigenvalue weighted by Crippen LogP contribution is 2.47. The zero-order chi connectivity index (χ0) is 14.0. The van der Waals surface area contributed by atoms with E-state index in [-0.39, 0.29) is 12.5 Å². The first-order valence-corrected chi connectivity index (χ1v) is 7.10. The third-order valence-corrected chi connectivity index (χ3v) is 3.62. The van der Waals surface area contributed by atoms with Crippen molar-refractivity contribution in [3.8, 4) is 11.5 Å². The van der Waals surface area contributed by atoms with Crippen LogP contribution in [0, 0.1) is 0 Å². The van der Waals surface area contributed by atoms with Crippen LogP contribution in [0.3, 0.4) is 0 Å². The van der Waals surface area contributed by atoms with Gasteiger partial charge in [-0.15, -0.1) is 0 Å². The van der Waals surface area contributed by atoms with Crippen LogP contribution in [0.2, 0.25) is 0 Å². The molecule has 1 aliphatic carbocycles. The summed E-state index contributed by atoms with van der Waals surface area (Å²) in [4.78, 5) is 11.6. The summed E-state index contributed by atoms with van der Waals surface area (Å²) in [6.07, 6.45) is 4.11. The van der Waals surface area contributed by atoms with Gasteiger partial charge < -0.3 is 19.5 Å². The van der Waals surface area contributed by atoms with Gasteiger partial charge >= 0.3 is 0 Å². The Balaban J connectivity index is 1.67. The summed E-state index contributed by atoms with van der Waals surface area (Å²) in [5, 5.41) is 2.79. The predicted octanol–water partition coefficient (Wildman–Crippen LogP) is 2.70. The smallest absolute Gasteiger partial charge is 0.251 e. The Morgan fingerprint density at radius 1 is 1.30 bits per heavy atom. The Kier molecular flexibility index (Phi) is 3.53. The molecule has 1 amide bonds. The van der Waals surface area contributed by atoms with Crippen LogP contribution in [-0.4, -0.2) is 24.9 Å². The molecular formula is C15H19NO4. The molecule has 3 rings (SSSR count). The van der Waals surface area contributed by atoms with Crippen molar-refractivity contribution >= 4 is 11.6 Å². The highest BCUT2D eigenvalue weighted by molar-refractivity contribution is 5.92. The second-order valence-electron chi connectivity index (χ2n) is 5.17. The van der Waals surface area contributed by atoms with Gasteiger partial charge in [0.25, 0.3) is 5.79 Å². The van der Waals surface area contributed by atoms with Crippen LogP contribution in [0.25, 0.3) is 0 Å². The molecule has 0 radical (unpaired) electrons. The Bertz CT molecular complexity index is 509. The number of fused-ring (bicyclic) bond motifs is 1. The molecule has 0 aromatic heterocycles. The normalized spacial score (nSPS) is 18.4. The minimum Gasteiger partial charge on any atom is -0.448 e. The minimum atomic E-state index is -0.462. The first-order valence-electron chi connectivity index (χ1n) is 7.10. The van der Waals surface area contributed by atoms with Crippen molar-refractivity contribution < 1.29 is 19.0 Å². The van der Waals surface area contributed by atoms with Crippen molar-refractivity contribution in [2.24, 2.45) is 0 Å². The molecule has 5 heteroatoms. The molecule has 1 saturated carbocycles. The molecule has 0 saturated heterocycles. The summed E-state index contributed by atoms with van der Waals surface area (Å²) in [7, 11) is 0. The third kappa shape index (κ3) is 2.58. The molecule has 1 heterocycles. The van der Waals surface area contributed by atoms with Gasteiger partial charge in [0, 0.05) is 31.2 Å². The molecule has 0 atom stereocenters. The number of anilines is 1. The van der Waals surface area contributed by atoms with Gasteiger partial charge in [-0.3, -0.25) is 4.79 Å². The fourth-order valence-electron chi connectivity index (χ4n) is 2.68. The van der Waals surface area contributed by atoms with Crippen molar-refractivity contribution in [1.29, 1.82) is 0 Å². The number of amides is 1. The highest BCUT2D eigenvalue weighted by atomic mass is 16.7. The van der Waals surface area contributed by atoms with Crippen LogP contribution in [0.5, 0.6) is 11.5 Å². The number of hydrogen-bond donors (Lipinski definition) is 1. The number of nitrogens with one attached hydrogen (secondary N) is 1. The maximum Gasteiger partial charge on any atom is 0.251 e. The lowest BCUT2D eigenvalue weighted by atomic mass is 10.2. The summed E-state index contributed by atoms with van der Waals surface area (Å²) in [5.41, 5.74) is 0.701. The fourth-order valence-corrected chi connectivity index (χ4v) is 2.68. The Morgan fingerprint density at radius 3 is 2.80 bits per heavy atom. The van der Waals surface area contributed by atoms with Crippen molar-refractivity contribution in [2.75, 3.05) is 18.5 Å². The molecule has 0 bridgehead atoms. The van der Waals surface area contributed by atoms with Gasteiger partial charge in [0.1, 0.15) is 6.61 Å². The molecule has 5 nitrogen and oxygen atoms in total. The van der Waals surface area contributed by atoms with Gasteiger partial charge in [-0.25, -0.2) is 0 Å². The second kappa shape index (κ2) is 5.32. The number of carbonyl (C=O) groups excluding carboxylic acids is 1. The fraction of sp³-hybridized carbons (Fsp3) is 0.533. The third-order valence-electron chi connectivity index (χ3n) is 3.62. The second-order valence-corrected chi connectivity index (χ2v) is 5.17. The summed E-state index contributed by atoms with van der Waals surface area (Å²) in [6, 6.07) is 5.48. The standard InChI is InChI=1S/C15H19NO4/c1-2-18-10-14(17)16-11-5-6-12-13(9-11)20-15(19-12)7-3-4-8-15/h5-6,9H,2-4,7-8,10H2,1H3,(H,16,17). The van der Waals surface area contributed by atoms with Gasteiger partial charge in [-0.05, 0) is 31.9 Å². The molecule has 0 unspecified atom stereocenters. The first-order chi connectivity index (χ1) is 9.71. The molecule has 108 valence electrons.